The second-order valence-electron chi connectivity index (χ2n) is 6.23. The number of rotatable bonds is 6. The Balaban J connectivity index is 1.67. The fraction of sp³-hybridized carbons (Fsp3) is 0.0870. The number of amides is 1. The van der Waals surface area contributed by atoms with Crippen molar-refractivity contribution in [3.8, 4) is 11.5 Å². The first-order valence-corrected chi connectivity index (χ1v) is 8.92. The molecule has 29 heavy (non-hydrogen) atoms. The van der Waals surface area contributed by atoms with Crippen molar-refractivity contribution >= 4 is 18.1 Å². The van der Waals surface area contributed by atoms with Gasteiger partial charge in [0.05, 0.1) is 18.9 Å². The minimum absolute atomic E-state index is 0.295. The van der Waals surface area contributed by atoms with Crippen LogP contribution in [0.25, 0.3) is 0 Å². The summed E-state index contributed by atoms with van der Waals surface area (Å²) in [6.45, 7) is 1.95. The van der Waals surface area contributed by atoms with Gasteiger partial charge in [0.1, 0.15) is 0 Å². The van der Waals surface area contributed by atoms with E-state index in [-0.39, 0.29) is 5.91 Å². The quantitative estimate of drug-likeness (QED) is 0.300. The minimum atomic E-state index is -0.472. The van der Waals surface area contributed by atoms with Gasteiger partial charge in [0, 0.05) is 5.56 Å². The standard InChI is InChI=1S/C23H20N2O4/c1-16-8-11-19(12-9-16)23(27)29-20-13-10-17(14-21(20)28-2)15-24-25-22(26)18-6-4-3-5-7-18/h3-15H,1-2H3,(H,25,26)/b24-15+. The van der Waals surface area contributed by atoms with Crippen LogP contribution in [0, 0.1) is 6.92 Å². The van der Waals surface area contributed by atoms with Gasteiger partial charge in [0.25, 0.3) is 5.91 Å². The molecule has 0 radical (unpaired) electrons. The summed E-state index contributed by atoms with van der Waals surface area (Å²) in [5, 5.41) is 3.95. The van der Waals surface area contributed by atoms with Gasteiger partial charge in [-0.15, -0.1) is 0 Å². The van der Waals surface area contributed by atoms with Crippen LogP contribution in [-0.2, 0) is 0 Å². The summed E-state index contributed by atoms with van der Waals surface area (Å²) < 4.78 is 10.8. The molecule has 146 valence electrons. The van der Waals surface area contributed by atoms with Gasteiger partial charge in [-0.05, 0) is 55.0 Å². The van der Waals surface area contributed by atoms with Crippen LogP contribution in [0.15, 0.2) is 77.9 Å². The Morgan fingerprint density at radius 3 is 2.31 bits per heavy atom. The van der Waals surface area contributed by atoms with Crippen LogP contribution >= 0.6 is 0 Å². The third-order valence-electron chi connectivity index (χ3n) is 4.09. The molecule has 3 aromatic carbocycles. The molecule has 0 aliphatic rings. The molecule has 0 fully saturated rings. The summed E-state index contributed by atoms with van der Waals surface area (Å²) >= 11 is 0. The van der Waals surface area contributed by atoms with Gasteiger partial charge in [-0.25, -0.2) is 10.2 Å². The number of carbonyl (C=O) groups is 2. The van der Waals surface area contributed by atoms with Crippen molar-refractivity contribution in [1.29, 1.82) is 0 Å². The lowest BCUT2D eigenvalue weighted by molar-refractivity contribution is 0.0729. The summed E-state index contributed by atoms with van der Waals surface area (Å²) in [5.74, 6) is -0.107. The number of aryl methyl sites for hydroxylation is 1. The Bertz CT molecular complexity index is 1030. The number of ether oxygens (including phenoxy) is 2. The predicted molar refractivity (Wildman–Crippen MR) is 111 cm³/mol. The maximum absolute atomic E-state index is 12.3. The molecule has 0 atom stereocenters. The SMILES string of the molecule is COc1cc(/C=N/NC(=O)c2ccccc2)ccc1OC(=O)c1ccc(C)cc1. The summed E-state index contributed by atoms with van der Waals surface area (Å²) in [4.78, 5) is 24.3. The topological polar surface area (TPSA) is 77.0 Å². The number of benzene rings is 3. The molecule has 0 aliphatic heterocycles. The predicted octanol–water partition coefficient (Wildman–Crippen LogP) is 3.99. The van der Waals surface area contributed by atoms with Gasteiger partial charge in [-0.3, -0.25) is 4.79 Å². The van der Waals surface area contributed by atoms with Crippen molar-refractivity contribution in [1.82, 2.24) is 5.43 Å². The lowest BCUT2D eigenvalue weighted by atomic mass is 10.1. The molecule has 6 nitrogen and oxygen atoms in total. The van der Waals surface area contributed by atoms with Crippen LogP contribution in [0.5, 0.6) is 11.5 Å². The van der Waals surface area contributed by atoms with E-state index in [0.717, 1.165) is 5.56 Å². The normalized spacial score (nSPS) is 10.6. The highest BCUT2D eigenvalue weighted by Gasteiger charge is 2.12. The number of methoxy groups -OCH3 is 1. The van der Waals surface area contributed by atoms with E-state index in [4.69, 9.17) is 9.47 Å². The highest BCUT2D eigenvalue weighted by Crippen LogP contribution is 2.28. The number of hydrazone groups is 1. The van der Waals surface area contributed by atoms with Crippen LogP contribution in [0.2, 0.25) is 0 Å². The van der Waals surface area contributed by atoms with Crippen LogP contribution in [0.4, 0.5) is 0 Å². The van der Waals surface area contributed by atoms with E-state index >= 15 is 0 Å². The third-order valence-corrected chi connectivity index (χ3v) is 4.09. The zero-order chi connectivity index (χ0) is 20.6. The van der Waals surface area contributed by atoms with Gasteiger partial charge in [0.2, 0.25) is 0 Å². The number of hydrogen-bond acceptors (Lipinski definition) is 5. The number of carbonyl (C=O) groups excluding carboxylic acids is 2. The molecule has 0 bridgehead atoms. The fourth-order valence-corrected chi connectivity index (χ4v) is 2.52. The first-order chi connectivity index (χ1) is 14.1. The summed E-state index contributed by atoms with van der Waals surface area (Å²) in [6, 6.07) is 20.9. The molecule has 0 heterocycles. The maximum atomic E-state index is 12.3. The first kappa shape index (κ1) is 19.8. The summed E-state index contributed by atoms with van der Waals surface area (Å²) in [7, 11) is 1.48. The Morgan fingerprint density at radius 1 is 0.897 bits per heavy atom. The molecule has 1 N–H and O–H groups in total. The molecule has 3 aromatic rings. The smallest absolute Gasteiger partial charge is 0.343 e. The molecular weight excluding hydrogens is 368 g/mol. The molecule has 0 spiro atoms. The van der Waals surface area contributed by atoms with Crippen molar-refractivity contribution in [2.75, 3.05) is 7.11 Å². The first-order valence-electron chi connectivity index (χ1n) is 8.92. The zero-order valence-electron chi connectivity index (χ0n) is 16.1. The number of esters is 1. The second kappa shape index (κ2) is 9.32. The fourth-order valence-electron chi connectivity index (χ4n) is 2.52. The highest BCUT2D eigenvalue weighted by atomic mass is 16.6. The number of nitrogens with zero attached hydrogens (tertiary/aromatic N) is 1. The van der Waals surface area contributed by atoms with E-state index in [9.17, 15) is 9.59 Å². The molecule has 0 saturated carbocycles. The van der Waals surface area contributed by atoms with E-state index in [1.807, 2.05) is 25.1 Å². The third kappa shape index (κ3) is 5.29. The molecule has 0 aliphatic carbocycles. The number of nitrogens with one attached hydrogen (secondary N) is 1. The van der Waals surface area contributed by atoms with Gasteiger partial charge >= 0.3 is 5.97 Å². The molecule has 0 aromatic heterocycles. The van der Waals surface area contributed by atoms with Crippen LogP contribution < -0.4 is 14.9 Å². The molecule has 3 rings (SSSR count). The van der Waals surface area contributed by atoms with E-state index in [2.05, 4.69) is 10.5 Å². The van der Waals surface area contributed by atoms with Gasteiger partial charge in [-0.2, -0.15) is 5.10 Å². The van der Waals surface area contributed by atoms with E-state index in [0.29, 0.717) is 28.2 Å². The zero-order valence-corrected chi connectivity index (χ0v) is 16.1. The Hall–Kier alpha value is -3.93. The summed E-state index contributed by atoms with van der Waals surface area (Å²) in [5.41, 5.74) is 5.16. The maximum Gasteiger partial charge on any atom is 0.343 e. The second-order valence-corrected chi connectivity index (χ2v) is 6.23. The summed E-state index contributed by atoms with van der Waals surface area (Å²) in [6.07, 6.45) is 1.48. The average molecular weight is 388 g/mol. The van der Waals surface area contributed by atoms with Crippen molar-refractivity contribution in [2.24, 2.45) is 5.10 Å². The Kier molecular flexibility index (Phi) is 6.37. The van der Waals surface area contributed by atoms with Gasteiger partial charge < -0.3 is 9.47 Å². The lowest BCUT2D eigenvalue weighted by Gasteiger charge is -2.10. The number of hydrogen-bond donors (Lipinski definition) is 1. The van der Waals surface area contributed by atoms with E-state index in [1.165, 1.54) is 13.3 Å². The van der Waals surface area contributed by atoms with Crippen LogP contribution in [-0.4, -0.2) is 25.2 Å². The minimum Gasteiger partial charge on any atom is -0.493 e. The Labute approximate surface area is 168 Å². The van der Waals surface area contributed by atoms with Crippen molar-refractivity contribution in [3.05, 3.63) is 95.1 Å². The van der Waals surface area contributed by atoms with Gasteiger partial charge in [0.15, 0.2) is 11.5 Å². The monoisotopic (exact) mass is 388 g/mol. The lowest BCUT2D eigenvalue weighted by Crippen LogP contribution is -2.17. The van der Waals surface area contributed by atoms with Gasteiger partial charge in [-0.1, -0.05) is 35.9 Å². The van der Waals surface area contributed by atoms with Crippen molar-refractivity contribution < 1.29 is 19.1 Å². The largest absolute Gasteiger partial charge is 0.493 e. The van der Waals surface area contributed by atoms with E-state index < -0.39 is 5.97 Å². The van der Waals surface area contributed by atoms with Crippen molar-refractivity contribution in [3.63, 3.8) is 0 Å². The highest BCUT2D eigenvalue weighted by molar-refractivity contribution is 5.95. The molecule has 6 heteroatoms. The van der Waals surface area contributed by atoms with Crippen molar-refractivity contribution in [2.45, 2.75) is 6.92 Å². The molecular formula is C23H20N2O4. The molecule has 1 amide bonds. The van der Waals surface area contributed by atoms with E-state index in [1.54, 1.807) is 54.6 Å². The van der Waals surface area contributed by atoms with Crippen LogP contribution in [0.1, 0.15) is 31.8 Å². The Morgan fingerprint density at radius 2 is 1.62 bits per heavy atom. The molecule has 0 unspecified atom stereocenters. The van der Waals surface area contributed by atoms with Crippen LogP contribution in [0.3, 0.4) is 0 Å². The average Bonchev–Trinajstić information content (AvgIpc) is 2.75. The molecule has 0 saturated heterocycles.